The summed E-state index contributed by atoms with van der Waals surface area (Å²) in [5.74, 6) is 0. The molecule has 0 aliphatic heterocycles. The molecule has 1 aliphatic carbocycles. The minimum Gasteiger partial charge on any atom is -0.309 e. The number of aromatic nitrogens is 2. The van der Waals surface area contributed by atoms with Gasteiger partial charge in [0, 0.05) is 32.9 Å². The molecule has 41 heavy (non-hydrogen) atoms. The molecule has 9 rings (SSSR count). The van der Waals surface area contributed by atoms with Gasteiger partial charge in [-0.25, -0.2) is 0 Å². The lowest BCUT2D eigenvalue weighted by Crippen LogP contribution is -1.95. The lowest BCUT2D eigenvalue weighted by molar-refractivity contribution is 1.17. The van der Waals surface area contributed by atoms with Crippen LogP contribution in [0.25, 0.3) is 72.2 Å². The quantitative estimate of drug-likeness (QED) is 0.218. The van der Waals surface area contributed by atoms with Gasteiger partial charge in [-0.2, -0.15) is 0 Å². The molecule has 0 spiro atoms. The van der Waals surface area contributed by atoms with Gasteiger partial charge in [-0.15, -0.1) is 0 Å². The minimum absolute atomic E-state index is 1.02. The Morgan fingerprint density at radius 2 is 1.00 bits per heavy atom. The summed E-state index contributed by atoms with van der Waals surface area (Å²) >= 11 is 0. The van der Waals surface area contributed by atoms with Crippen molar-refractivity contribution in [1.82, 2.24) is 9.13 Å². The van der Waals surface area contributed by atoms with Gasteiger partial charge in [0.1, 0.15) is 0 Å². The van der Waals surface area contributed by atoms with E-state index >= 15 is 0 Å². The standard InChI is InChI=1S/C39H26N2/c1-2-13-28(14-3-1)40-34-19-6-4-15-32(34)38-30(17-9-21-36(38)40)31-18-10-22-37-39(31)33-16-5-7-20-35(33)41(37)29-24-23-26-11-8-12-27(26)25-29/h1-10,12-25H,11H2. The minimum atomic E-state index is 1.02. The molecular formula is C39H26N2. The molecule has 0 amide bonds. The van der Waals surface area contributed by atoms with Gasteiger partial charge in [0.2, 0.25) is 0 Å². The molecule has 2 heteroatoms. The molecule has 0 fully saturated rings. The zero-order valence-electron chi connectivity index (χ0n) is 22.5. The van der Waals surface area contributed by atoms with E-state index in [4.69, 9.17) is 0 Å². The van der Waals surface area contributed by atoms with Crippen molar-refractivity contribution in [3.8, 4) is 22.5 Å². The molecule has 0 N–H and O–H groups in total. The summed E-state index contributed by atoms with van der Waals surface area (Å²) in [5, 5.41) is 5.13. The maximum absolute atomic E-state index is 2.44. The summed E-state index contributed by atoms with van der Waals surface area (Å²) in [6, 6.07) is 48.8. The number of para-hydroxylation sites is 3. The number of nitrogens with zero attached hydrogens (tertiary/aromatic N) is 2. The number of rotatable bonds is 3. The molecule has 192 valence electrons. The normalized spacial score (nSPS) is 12.7. The van der Waals surface area contributed by atoms with Crippen molar-refractivity contribution in [2.45, 2.75) is 6.42 Å². The summed E-state index contributed by atoms with van der Waals surface area (Å²) in [5.41, 5.74) is 12.5. The fourth-order valence-electron chi connectivity index (χ4n) is 7.00. The highest BCUT2D eigenvalue weighted by molar-refractivity contribution is 6.22. The smallest absolute Gasteiger partial charge is 0.0547 e. The Hall–Kier alpha value is -5.34. The molecule has 0 saturated heterocycles. The van der Waals surface area contributed by atoms with Crippen molar-refractivity contribution in [2.75, 3.05) is 0 Å². The number of allylic oxidation sites excluding steroid dienone is 1. The maximum atomic E-state index is 2.44. The first-order valence-electron chi connectivity index (χ1n) is 14.3. The highest BCUT2D eigenvalue weighted by Crippen LogP contribution is 2.43. The van der Waals surface area contributed by atoms with Gasteiger partial charge in [-0.05, 0) is 77.2 Å². The molecule has 0 bridgehead atoms. The Kier molecular flexibility index (Phi) is 4.70. The van der Waals surface area contributed by atoms with Crippen molar-refractivity contribution >= 4 is 49.7 Å². The van der Waals surface area contributed by atoms with Crippen LogP contribution in [0.5, 0.6) is 0 Å². The van der Waals surface area contributed by atoms with Gasteiger partial charge in [0.25, 0.3) is 0 Å². The van der Waals surface area contributed by atoms with E-state index in [9.17, 15) is 0 Å². The molecule has 6 aromatic carbocycles. The molecule has 0 atom stereocenters. The van der Waals surface area contributed by atoms with Crippen molar-refractivity contribution in [3.05, 3.63) is 151 Å². The number of fused-ring (bicyclic) bond motifs is 7. The van der Waals surface area contributed by atoms with Crippen LogP contribution in [0.3, 0.4) is 0 Å². The van der Waals surface area contributed by atoms with Crippen LogP contribution in [0.4, 0.5) is 0 Å². The highest BCUT2D eigenvalue weighted by Gasteiger charge is 2.20. The first-order valence-corrected chi connectivity index (χ1v) is 14.3. The Bertz CT molecular complexity index is 2330. The highest BCUT2D eigenvalue weighted by atomic mass is 15.0. The van der Waals surface area contributed by atoms with E-state index in [1.807, 2.05) is 0 Å². The van der Waals surface area contributed by atoms with Gasteiger partial charge < -0.3 is 9.13 Å². The average molecular weight is 523 g/mol. The van der Waals surface area contributed by atoms with Crippen LogP contribution in [-0.4, -0.2) is 9.13 Å². The third-order valence-electron chi connectivity index (χ3n) is 8.72. The van der Waals surface area contributed by atoms with Crippen LogP contribution in [0, 0.1) is 0 Å². The fraction of sp³-hybridized carbons (Fsp3) is 0.0256. The molecule has 1 aliphatic rings. The Morgan fingerprint density at radius 1 is 0.439 bits per heavy atom. The number of benzene rings is 6. The average Bonchev–Trinajstić information content (AvgIpc) is 3.73. The second-order valence-electron chi connectivity index (χ2n) is 10.9. The van der Waals surface area contributed by atoms with Crippen molar-refractivity contribution < 1.29 is 0 Å². The summed E-state index contributed by atoms with van der Waals surface area (Å²) in [4.78, 5) is 0. The van der Waals surface area contributed by atoms with E-state index in [-0.39, 0.29) is 0 Å². The number of hydrogen-bond acceptors (Lipinski definition) is 0. The predicted octanol–water partition coefficient (Wildman–Crippen LogP) is 10.1. The molecule has 2 heterocycles. The van der Waals surface area contributed by atoms with E-state index in [1.165, 1.54) is 77.2 Å². The van der Waals surface area contributed by atoms with Gasteiger partial charge in [-0.3, -0.25) is 0 Å². The lowest BCUT2D eigenvalue weighted by Gasteiger charge is -2.11. The van der Waals surface area contributed by atoms with Crippen LogP contribution in [0.15, 0.2) is 140 Å². The Balaban J connectivity index is 1.39. The largest absolute Gasteiger partial charge is 0.309 e. The van der Waals surface area contributed by atoms with E-state index in [2.05, 4.69) is 155 Å². The fourth-order valence-corrected chi connectivity index (χ4v) is 7.00. The first kappa shape index (κ1) is 22.5. The molecular weight excluding hydrogens is 496 g/mol. The van der Waals surface area contributed by atoms with Crippen LogP contribution < -0.4 is 0 Å². The van der Waals surface area contributed by atoms with Crippen molar-refractivity contribution in [1.29, 1.82) is 0 Å². The summed E-state index contributed by atoms with van der Waals surface area (Å²) < 4.78 is 4.84. The Labute approximate surface area is 238 Å². The molecule has 0 radical (unpaired) electrons. The topological polar surface area (TPSA) is 9.86 Å². The zero-order chi connectivity index (χ0) is 26.9. The van der Waals surface area contributed by atoms with Gasteiger partial charge in [-0.1, -0.05) is 97.1 Å². The van der Waals surface area contributed by atoms with Gasteiger partial charge in [0.05, 0.1) is 22.1 Å². The predicted molar refractivity (Wildman–Crippen MR) is 173 cm³/mol. The first-order chi connectivity index (χ1) is 20.4. The zero-order valence-corrected chi connectivity index (χ0v) is 22.5. The number of hydrogen-bond donors (Lipinski definition) is 0. The van der Waals surface area contributed by atoms with Crippen molar-refractivity contribution in [2.24, 2.45) is 0 Å². The summed E-state index contributed by atoms with van der Waals surface area (Å²) in [6.45, 7) is 0. The van der Waals surface area contributed by atoms with Gasteiger partial charge >= 0.3 is 0 Å². The molecule has 8 aromatic rings. The maximum Gasteiger partial charge on any atom is 0.0547 e. The Morgan fingerprint density at radius 3 is 1.66 bits per heavy atom. The van der Waals surface area contributed by atoms with E-state index in [0.717, 1.165) is 6.42 Å². The van der Waals surface area contributed by atoms with Crippen LogP contribution in [0.2, 0.25) is 0 Å². The molecule has 0 saturated carbocycles. The van der Waals surface area contributed by atoms with E-state index in [1.54, 1.807) is 0 Å². The monoisotopic (exact) mass is 522 g/mol. The SMILES string of the molecule is C1=Cc2cc(-n3c4ccccc4c4c(-c5cccc6c5c5ccccc5n6-c5ccccc5)cccc43)ccc2C1. The second kappa shape index (κ2) is 8.58. The molecule has 2 aromatic heterocycles. The second-order valence-corrected chi connectivity index (χ2v) is 10.9. The molecule has 2 nitrogen and oxygen atoms in total. The third kappa shape index (κ3) is 3.19. The summed E-state index contributed by atoms with van der Waals surface area (Å²) in [7, 11) is 0. The van der Waals surface area contributed by atoms with Crippen LogP contribution >= 0.6 is 0 Å². The lowest BCUT2D eigenvalue weighted by atomic mass is 9.95. The molecule has 0 unspecified atom stereocenters. The summed E-state index contributed by atoms with van der Waals surface area (Å²) in [6.07, 6.45) is 5.53. The van der Waals surface area contributed by atoms with E-state index in [0.29, 0.717) is 0 Å². The van der Waals surface area contributed by atoms with Crippen LogP contribution in [0.1, 0.15) is 11.1 Å². The van der Waals surface area contributed by atoms with Crippen molar-refractivity contribution in [3.63, 3.8) is 0 Å². The van der Waals surface area contributed by atoms with Crippen LogP contribution in [-0.2, 0) is 6.42 Å². The third-order valence-corrected chi connectivity index (χ3v) is 8.72. The van der Waals surface area contributed by atoms with Gasteiger partial charge in [0.15, 0.2) is 0 Å². The van der Waals surface area contributed by atoms with E-state index < -0.39 is 0 Å².